The number of carboxylic acids is 1. The van der Waals surface area contributed by atoms with Gasteiger partial charge in [-0.25, -0.2) is 0 Å². The quantitative estimate of drug-likeness (QED) is 0.671. The normalized spacial score (nSPS) is 11.4. The second-order valence-electron chi connectivity index (χ2n) is 3.52. The van der Waals surface area contributed by atoms with Crippen LogP contribution in [0.3, 0.4) is 0 Å². The molecule has 0 aromatic carbocycles. The number of rotatable bonds is 6. The minimum Gasteiger partial charge on any atom is -0.481 e. The van der Waals surface area contributed by atoms with Crippen LogP contribution in [-0.4, -0.2) is 16.8 Å². The maximum absolute atomic E-state index is 9.55. The SMILES string of the molecule is CCCCC(C)CC.O=C(O)CCS. The van der Waals surface area contributed by atoms with E-state index in [4.69, 9.17) is 5.11 Å². The van der Waals surface area contributed by atoms with E-state index in [1.54, 1.807) is 0 Å². The van der Waals surface area contributed by atoms with E-state index in [-0.39, 0.29) is 6.42 Å². The fourth-order valence-corrected chi connectivity index (χ4v) is 1.04. The molecule has 1 N–H and O–H groups in total. The number of aliphatic carboxylic acids is 1. The molecular formula is C11H24O2S. The molecular weight excluding hydrogens is 196 g/mol. The van der Waals surface area contributed by atoms with Crippen LogP contribution in [0.5, 0.6) is 0 Å². The van der Waals surface area contributed by atoms with E-state index in [1.807, 2.05) is 0 Å². The predicted octanol–water partition coefficient (Wildman–Crippen LogP) is 3.61. The van der Waals surface area contributed by atoms with Gasteiger partial charge in [0.1, 0.15) is 0 Å². The topological polar surface area (TPSA) is 37.3 Å². The Morgan fingerprint density at radius 2 is 2.00 bits per heavy atom. The molecule has 0 amide bonds. The van der Waals surface area contributed by atoms with Gasteiger partial charge in [0.05, 0.1) is 6.42 Å². The summed E-state index contributed by atoms with van der Waals surface area (Å²) in [6, 6.07) is 0. The van der Waals surface area contributed by atoms with Crippen LogP contribution >= 0.6 is 12.6 Å². The molecule has 0 aromatic heterocycles. The first kappa shape index (κ1) is 16.3. The number of carbonyl (C=O) groups is 1. The molecule has 0 aliphatic heterocycles. The zero-order valence-corrected chi connectivity index (χ0v) is 10.5. The second-order valence-corrected chi connectivity index (χ2v) is 3.97. The Bertz CT molecular complexity index is 126. The van der Waals surface area contributed by atoms with Crippen LogP contribution in [0.25, 0.3) is 0 Å². The molecule has 0 saturated heterocycles. The van der Waals surface area contributed by atoms with Crippen LogP contribution in [0.1, 0.15) is 52.9 Å². The van der Waals surface area contributed by atoms with Crippen molar-refractivity contribution in [3.8, 4) is 0 Å². The third-order valence-corrected chi connectivity index (χ3v) is 2.30. The van der Waals surface area contributed by atoms with Crippen molar-refractivity contribution < 1.29 is 9.90 Å². The highest BCUT2D eigenvalue weighted by atomic mass is 32.1. The van der Waals surface area contributed by atoms with Crippen molar-refractivity contribution in [1.82, 2.24) is 0 Å². The first-order valence-corrected chi connectivity index (χ1v) is 6.04. The first-order chi connectivity index (χ1) is 6.58. The van der Waals surface area contributed by atoms with Gasteiger partial charge in [0.2, 0.25) is 0 Å². The van der Waals surface area contributed by atoms with Crippen molar-refractivity contribution in [3.63, 3.8) is 0 Å². The summed E-state index contributed by atoms with van der Waals surface area (Å²) >= 11 is 3.68. The lowest BCUT2D eigenvalue weighted by molar-refractivity contribution is -0.136. The smallest absolute Gasteiger partial charge is 0.304 e. The van der Waals surface area contributed by atoms with E-state index in [0.29, 0.717) is 5.75 Å². The van der Waals surface area contributed by atoms with E-state index < -0.39 is 5.97 Å². The number of thiol groups is 1. The van der Waals surface area contributed by atoms with Crippen LogP contribution in [0.2, 0.25) is 0 Å². The van der Waals surface area contributed by atoms with E-state index in [2.05, 4.69) is 33.4 Å². The summed E-state index contributed by atoms with van der Waals surface area (Å²) in [5.41, 5.74) is 0. The highest BCUT2D eigenvalue weighted by molar-refractivity contribution is 7.80. The molecule has 0 radical (unpaired) electrons. The molecule has 86 valence electrons. The monoisotopic (exact) mass is 220 g/mol. The van der Waals surface area contributed by atoms with Crippen molar-refractivity contribution in [2.75, 3.05) is 5.75 Å². The summed E-state index contributed by atoms with van der Waals surface area (Å²) in [6.45, 7) is 6.85. The molecule has 1 unspecified atom stereocenters. The summed E-state index contributed by atoms with van der Waals surface area (Å²) in [5, 5.41) is 7.86. The highest BCUT2D eigenvalue weighted by Crippen LogP contribution is 2.09. The minimum absolute atomic E-state index is 0.156. The van der Waals surface area contributed by atoms with Gasteiger partial charge < -0.3 is 5.11 Å². The van der Waals surface area contributed by atoms with Gasteiger partial charge in [-0.3, -0.25) is 4.79 Å². The molecule has 0 bridgehead atoms. The number of carboxylic acid groups (broad SMARTS) is 1. The lowest BCUT2D eigenvalue weighted by atomic mass is 10.0. The molecule has 0 fully saturated rings. The first-order valence-electron chi connectivity index (χ1n) is 5.41. The average molecular weight is 220 g/mol. The Morgan fingerprint density at radius 3 is 2.21 bits per heavy atom. The van der Waals surface area contributed by atoms with Crippen LogP contribution < -0.4 is 0 Å². The Morgan fingerprint density at radius 1 is 1.43 bits per heavy atom. The molecule has 0 aliphatic carbocycles. The van der Waals surface area contributed by atoms with E-state index in [0.717, 1.165) is 5.92 Å². The fourth-order valence-electron chi connectivity index (χ4n) is 0.852. The highest BCUT2D eigenvalue weighted by Gasteiger charge is 1.94. The lowest BCUT2D eigenvalue weighted by Gasteiger charge is -2.04. The summed E-state index contributed by atoms with van der Waals surface area (Å²) in [7, 11) is 0. The van der Waals surface area contributed by atoms with Gasteiger partial charge in [0, 0.05) is 5.75 Å². The molecule has 14 heavy (non-hydrogen) atoms. The third kappa shape index (κ3) is 17.8. The molecule has 0 saturated carbocycles. The number of unbranched alkanes of at least 4 members (excludes halogenated alkanes) is 1. The van der Waals surface area contributed by atoms with Crippen LogP contribution in [-0.2, 0) is 4.79 Å². The van der Waals surface area contributed by atoms with Crippen molar-refractivity contribution >= 4 is 18.6 Å². The number of hydrogen-bond acceptors (Lipinski definition) is 2. The van der Waals surface area contributed by atoms with Gasteiger partial charge in [-0.05, 0) is 5.92 Å². The van der Waals surface area contributed by atoms with Crippen LogP contribution in [0, 0.1) is 5.92 Å². The standard InChI is InChI=1S/C8H18.C3H6O2S/c1-4-6-7-8(3)5-2;4-3(5)1-2-6/h8H,4-7H2,1-3H3;6H,1-2H2,(H,4,5). The van der Waals surface area contributed by atoms with Gasteiger partial charge in [-0.15, -0.1) is 0 Å². The minimum atomic E-state index is -0.787. The zero-order valence-electron chi connectivity index (χ0n) is 9.62. The van der Waals surface area contributed by atoms with Gasteiger partial charge in [-0.1, -0.05) is 46.5 Å². The predicted molar refractivity (Wildman–Crippen MR) is 65.1 cm³/mol. The fraction of sp³-hybridized carbons (Fsp3) is 0.909. The largest absolute Gasteiger partial charge is 0.481 e. The van der Waals surface area contributed by atoms with Gasteiger partial charge in [-0.2, -0.15) is 12.6 Å². The summed E-state index contributed by atoms with van der Waals surface area (Å²) in [4.78, 5) is 9.55. The Balaban J connectivity index is 0. The molecule has 3 heteroatoms. The van der Waals surface area contributed by atoms with Crippen LogP contribution in [0.4, 0.5) is 0 Å². The maximum Gasteiger partial charge on any atom is 0.304 e. The summed E-state index contributed by atoms with van der Waals surface area (Å²) in [6.07, 6.45) is 5.69. The molecule has 0 spiro atoms. The molecule has 0 aliphatic rings. The van der Waals surface area contributed by atoms with E-state index >= 15 is 0 Å². The van der Waals surface area contributed by atoms with Gasteiger partial charge >= 0.3 is 5.97 Å². The van der Waals surface area contributed by atoms with Crippen LogP contribution in [0.15, 0.2) is 0 Å². The lowest BCUT2D eigenvalue weighted by Crippen LogP contribution is -1.93. The third-order valence-electron chi connectivity index (χ3n) is 2.07. The maximum atomic E-state index is 9.55. The van der Waals surface area contributed by atoms with Crippen molar-refractivity contribution in [3.05, 3.63) is 0 Å². The van der Waals surface area contributed by atoms with Crippen molar-refractivity contribution in [1.29, 1.82) is 0 Å². The van der Waals surface area contributed by atoms with Gasteiger partial charge in [0.25, 0.3) is 0 Å². The molecule has 0 aromatic rings. The Kier molecular flexibility index (Phi) is 14.9. The summed E-state index contributed by atoms with van der Waals surface area (Å²) < 4.78 is 0. The zero-order chi connectivity index (χ0) is 11.4. The van der Waals surface area contributed by atoms with Gasteiger partial charge in [0.15, 0.2) is 0 Å². The second kappa shape index (κ2) is 12.8. The van der Waals surface area contributed by atoms with Crippen molar-refractivity contribution in [2.24, 2.45) is 5.92 Å². The summed E-state index contributed by atoms with van der Waals surface area (Å²) in [5.74, 6) is 0.593. The van der Waals surface area contributed by atoms with E-state index in [1.165, 1.54) is 25.7 Å². The van der Waals surface area contributed by atoms with Crippen molar-refractivity contribution in [2.45, 2.75) is 52.9 Å². The van der Waals surface area contributed by atoms with E-state index in [9.17, 15) is 4.79 Å². The average Bonchev–Trinajstić information content (AvgIpc) is 2.15. The molecule has 2 nitrogen and oxygen atoms in total. The molecule has 0 heterocycles. The molecule has 0 rings (SSSR count). The number of hydrogen-bond donors (Lipinski definition) is 2. The Hall–Kier alpha value is -0.180. The Labute approximate surface area is 93.5 Å². The molecule has 1 atom stereocenters.